The summed E-state index contributed by atoms with van der Waals surface area (Å²) in [5.41, 5.74) is -0.0155. The molecule has 0 N–H and O–H groups in total. The van der Waals surface area contributed by atoms with E-state index < -0.39 is 0 Å². The van der Waals surface area contributed by atoms with Crippen molar-refractivity contribution >= 4 is 11.6 Å². The van der Waals surface area contributed by atoms with Crippen molar-refractivity contribution in [2.75, 3.05) is 0 Å². The molecule has 0 bridgehead atoms. The highest BCUT2D eigenvalue weighted by Crippen LogP contribution is 2.31. The van der Waals surface area contributed by atoms with E-state index in [9.17, 15) is 0 Å². The van der Waals surface area contributed by atoms with Crippen molar-refractivity contribution in [3.63, 3.8) is 0 Å². The molecule has 0 aromatic carbocycles. The molecule has 3 nitrogen and oxygen atoms in total. The predicted molar refractivity (Wildman–Crippen MR) is 77.2 cm³/mol. The smallest absolute Gasteiger partial charge is 0.225 e. The maximum absolute atomic E-state index is 6.25. The molecular formula is C14H26ClN3. The van der Waals surface area contributed by atoms with Crippen molar-refractivity contribution in [3.05, 3.63) is 11.1 Å². The lowest BCUT2D eigenvalue weighted by Gasteiger charge is -2.25. The van der Waals surface area contributed by atoms with Gasteiger partial charge < -0.3 is 0 Å². The summed E-state index contributed by atoms with van der Waals surface area (Å²) in [6, 6.07) is 0.437. The molecule has 0 spiro atoms. The largest absolute Gasteiger partial charge is 0.298 e. The Kier molecular flexibility index (Phi) is 5.64. The van der Waals surface area contributed by atoms with Crippen LogP contribution >= 0.6 is 11.6 Å². The second kappa shape index (κ2) is 6.55. The minimum Gasteiger partial charge on any atom is -0.298 e. The Morgan fingerprint density at radius 1 is 1.11 bits per heavy atom. The zero-order valence-corrected chi connectivity index (χ0v) is 13.1. The number of unbranched alkanes of at least 4 members (excludes halogenated alkanes) is 1. The summed E-state index contributed by atoms with van der Waals surface area (Å²) in [6.07, 6.45) is 5.89. The van der Waals surface area contributed by atoms with E-state index in [1.807, 2.05) is 0 Å². The van der Waals surface area contributed by atoms with Crippen LogP contribution in [0.2, 0.25) is 5.28 Å². The number of nitrogens with zero attached hydrogens (tertiary/aromatic N) is 3. The van der Waals surface area contributed by atoms with Gasteiger partial charge in [-0.1, -0.05) is 53.9 Å². The molecule has 4 heteroatoms. The van der Waals surface area contributed by atoms with Gasteiger partial charge >= 0.3 is 0 Å². The van der Waals surface area contributed by atoms with E-state index >= 15 is 0 Å². The summed E-state index contributed by atoms with van der Waals surface area (Å²) < 4.78 is 2.15. The molecule has 1 aromatic heterocycles. The summed E-state index contributed by atoms with van der Waals surface area (Å²) in [4.78, 5) is 0. The molecule has 0 saturated carbocycles. The van der Waals surface area contributed by atoms with E-state index in [0.717, 1.165) is 25.1 Å². The van der Waals surface area contributed by atoms with Gasteiger partial charge in [0.05, 0.1) is 0 Å². The van der Waals surface area contributed by atoms with E-state index in [4.69, 9.17) is 11.6 Å². The Bertz CT molecular complexity index is 366. The third kappa shape index (κ3) is 3.71. The molecule has 0 amide bonds. The normalized spacial score (nSPS) is 13.9. The monoisotopic (exact) mass is 271 g/mol. The Morgan fingerprint density at radius 2 is 1.78 bits per heavy atom. The first-order chi connectivity index (χ1) is 8.41. The quantitative estimate of drug-likeness (QED) is 0.747. The first-order valence-electron chi connectivity index (χ1n) is 7.02. The van der Waals surface area contributed by atoms with Gasteiger partial charge in [0.25, 0.3) is 0 Å². The van der Waals surface area contributed by atoms with Crippen molar-refractivity contribution in [2.45, 2.75) is 78.2 Å². The first-order valence-corrected chi connectivity index (χ1v) is 7.40. The van der Waals surface area contributed by atoms with Crippen molar-refractivity contribution in [1.29, 1.82) is 0 Å². The molecule has 104 valence electrons. The lowest BCUT2D eigenvalue weighted by atomic mass is 9.94. The number of rotatable bonds is 6. The summed E-state index contributed by atoms with van der Waals surface area (Å²) >= 11 is 6.25. The molecule has 1 unspecified atom stereocenters. The Labute approximate surface area is 116 Å². The molecule has 0 fully saturated rings. The van der Waals surface area contributed by atoms with Gasteiger partial charge in [0.2, 0.25) is 5.28 Å². The second-order valence-corrected chi connectivity index (χ2v) is 6.34. The van der Waals surface area contributed by atoms with Crippen LogP contribution < -0.4 is 0 Å². The molecule has 1 heterocycles. The second-order valence-electron chi connectivity index (χ2n) is 6.00. The summed E-state index contributed by atoms with van der Waals surface area (Å²) in [5.74, 6) is 1.00. The SMILES string of the molecule is CCCCC(CCC)n1c(Cl)nnc1C(C)(C)C. The molecule has 1 atom stereocenters. The van der Waals surface area contributed by atoms with Gasteiger partial charge in [0, 0.05) is 11.5 Å². The molecule has 0 aliphatic heterocycles. The Hall–Kier alpha value is -0.570. The van der Waals surface area contributed by atoms with E-state index in [-0.39, 0.29) is 5.41 Å². The summed E-state index contributed by atoms with van der Waals surface area (Å²) in [7, 11) is 0. The van der Waals surface area contributed by atoms with Gasteiger partial charge in [-0.2, -0.15) is 0 Å². The third-order valence-electron chi connectivity index (χ3n) is 3.20. The maximum Gasteiger partial charge on any atom is 0.225 e. The molecular weight excluding hydrogens is 246 g/mol. The lowest BCUT2D eigenvalue weighted by Crippen LogP contribution is -2.22. The van der Waals surface area contributed by atoms with Gasteiger partial charge in [0.1, 0.15) is 5.82 Å². The van der Waals surface area contributed by atoms with Gasteiger partial charge in [0.15, 0.2) is 0 Å². The lowest BCUT2D eigenvalue weighted by molar-refractivity contribution is 0.379. The zero-order chi connectivity index (χ0) is 13.8. The van der Waals surface area contributed by atoms with Crippen LogP contribution in [0.1, 0.15) is 78.6 Å². The van der Waals surface area contributed by atoms with Crippen LogP contribution in [0.15, 0.2) is 0 Å². The molecule has 0 radical (unpaired) electrons. The first kappa shape index (κ1) is 15.5. The van der Waals surface area contributed by atoms with Gasteiger partial charge in [-0.25, -0.2) is 0 Å². The average molecular weight is 272 g/mol. The van der Waals surface area contributed by atoms with Gasteiger partial charge in [-0.05, 0) is 24.4 Å². The van der Waals surface area contributed by atoms with E-state index in [1.54, 1.807) is 0 Å². The number of hydrogen-bond acceptors (Lipinski definition) is 2. The minimum absolute atomic E-state index is 0.0155. The average Bonchev–Trinajstić information content (AvgIpc) is 2.66. The predicted octanol–water partition coefficient (Wildman–Crippen LogP) is 4.76. The van der Waals surface area contributed by atoms with E-state index in [2.05, 4.69) is 49.4 Å². The van der Waals surface area contributed by atoms with Crippen LogP contribution in [0.4, 0.5) is 0 Å². The molecule has 1 aromatic rings. The Morgan fingerprint density at radius 3 is 2.28 bits per heavy atom. The number of aromatic nitrogens is 3. The highest BCUT2D eigenvalue weighted by atomic mass is 35.5. The van der Waals surface area contributed by atoms with Crippen LogP contribution in [0, 0.1) is 0 Å². The van der Waals surface area contributed by atoms with Crippen LogP contribution in [-0.4, -0.2) is 14.8 Å². The van der Waals surface area contributed by atoms with Crippen LogP contribution in [0.5, 0.6) is 0 Å². The molecule has 0 aliphatic rings. The minimum atomic E-state index is -0.0155. The topological polar surface area (TPSA) is 30.7 Å². The van der Waals surface area contributed by atoms with Crippen molar-refractivity contribution < 1.29 is 0 Å². The molecule has 18 heavy (non-hydrogen) atoms. The summed E-state index contributed by atoms with van der Waals surface area (Å²) in [5, 5.41) is 8.89. The zero-order valence-electron chi connectivity index (χ0n) is 12.3. The maximum atomic E-state index is 6.25. The highest BCUT2D eigenvalue weighted by Gasteiger charge is 2.26. The Balaban J connectivity index is 3.06. The fourth-order valence-electron chi connectivity index (χ4n) is 2.28. The van der Waals surface area contributed by atoms with Crippen LogP contribution in [-0.2, 0) is 5.41 Å². The van der Waals surface area contributed by atoms with Crippen molar-refractivity contribution in [2.24, 2.45) is 0 Å². The van der Waals surface area contributed by atoms with Gasteiger partial charge in [-0.3, -0.25) is 4.57 Å². The van der Waals surface area contributed by atoms with Gasteiger partial charge in [-0.15, -0.1) is 10.2 Å². The fraction of sp³-hybridized carbons (Fsp3) is 0.857. The summed E-state index contributed by atoms with van der Waals surface area (Å²) in [6.45, 7) is 10.9. The van der Waals surface area contributed by atoms with E-state index in [1.165, 1.54) is 12.8 Å². The molecule has 0 saturated heterocycles. The third-order valence-corrected chi connectivity index (χ3v) is 3.46. The van der Waals surface area contributed by atoms with Crippen LogP contribution in [0.25, 0.3) is 0 Å². The molecule has 0 aliphatic carbocycles. The van der Waals surface area contributed by atoms with E-state index in [0.29, 0.717) is 11.3 Å². The number of halogens is 1. The van der Waals surface area contributed by atoms with Crippen molar-refractivity contribution in [3.8, 4) is 0 Å². The highest BCUT2D eigenvalue weighted by molar-refractivity contribution is 6.28. The molecule has 1 rings (SSSR count). The van der Waals surface area contributed by atoms with Crippen LogP contribution in [0.3, 0.4) is 0 Å². The van der Waals surface area contributed by atoms with Crippen molar-refractivity contribution in [1.82, 2.24) is 14.8 Å². The fourth-order valence-corrected chi connectivity index (χ4v) is 2.54. The number of hydrogen-bond donors (Lipinski definition) is 0. The standard InChI is InChI=1S/C14H26ClN3/c1-6-8-10-11(9-7-2)18-12(14(3,4)5)16-17-13(18)15/h11H,6-10H2,1-5H3.